The molecule has 2 unspecified atom stereocenters. The van der Waals surface area contributed by atoms with Crippen molar-refractivity contribution in [3.05, 3.63) is 30.3 Å². The number of carbonyl (C=O) groups is 2. The number of piperidine rings is 1. The van der Waals surface area contributed by atoms with Crippen molar-refractivity contribution in [3.63, 3.8) is 0 Å². The van der Waals surface area contributed by atoms with E-state index in [0.717, 1.165) is 31.6 Å². The molecule has 3 aliphatic heterocycles. The lowest BCUT2D eigenvalue weighted by Crippen LogP contribution is -2.60. The normalized spacial score (nSPS) is 29.3. The van der Waals surface area contributed by atoms with E-state index in [-0.39, 0.29) is 29.2 Å². The number of hydrogen-bond acceptors (Lipinski definition) is 4. The lowest BCUT2D eigenvalue weighted by Gasteiger charge is -2.50. The van der Waals surface area contributed by atoms with Gasteiger partial charge < -0.3 is 9.80 Å². The molecule has 1 saturated carbocycles. The van der Waals surface area contributed by atoms with Gasteiger partial charge in [0, 0.05) is 36.9 Å². The van der Waals surface area contributed by atoms with Crippen molar-refractivity contribution in [3.8, 4) is 0 Å². The zero-order chi connectivity index (χ0) is 23.9. The van der Waals surface area contributed by atoms with Crippen LogP contribution in [0.5, 0.6) is 0 Å². The molecule has 1 aromatic rings. The first-order chi connectivity index (χ1) is 16.3. The quantitative estimate of drug-likeness (QED) is 0.560. The van der Waals surface area contributed by atoms with Crippen LogP contribution >= 0.6 is 0 Å². The van der Waals surface area contributed by atoms with Crippen LogP contribution in [-0.2, 0) is 9.59 Å². The SMILES string of the molecule is CC(C)(C)N1C(=O)C2CN(c3ccccc3)C3(CCN(C4CCCCCCCC4)CC3)C2C1=O. The Labute approximate surface area is 205 Å². The van der Waals surface area contributed by atoms with E-state index in [4.69, 9.17) is 0 Å². The maximum atomic E-state index is 13.9. The molecule has 1 aliphatic carbocycles. The van der Waals surface area contributed by atoms with Gasteiger partial charge in [0.2, 0.25) is 11.8 Å². The number of fused-ring (bicyclic) bond motifs is 2. The van der Waals surface area contributed by atoms with Crippen molar-refractivity contribution >= 4 is 17.5 Å². The largest absolute Gasteiger partial charge is 0.364 e. The zero-order valence-electron chi connectivity index (χ0n) is 21.5. The standard InChI is InChI=1S/C29H43N3O2/c1-28(2,3)32-26(33)24-21-31(23-15-11-8-12-16-23)29(25(24)27(32)34)17-19-30(20-18-29)22-13-9-6-4-5-7-10-14-22/h8,11-12,15-16,22,24-25H,4-7,9-10,13-14,17-21H2,1-3H3. The van der Waals surface area contributed by atoms with Crippen LogP contribution in [0.3, 0.4) is 0 Å². The minimum Gasteiger partial charge on any atom is -0.364 e. The van der Waals surface area contributed by atoms with Gasteiger partial charge in [-0.1, -0.05) is 56.7 Å². The third kappa shape index (κ3) is 4.08. The molecule has 3 heterocycles. The lowest BCUT2D eigenvalue weighted by molar-refractivity contribution is -0.146. The summed E-state index contributed by atoms with van der Waals surface area (Å²) in [6.07, 6.45) is 12.8. The van der Waals surface area contributed by atoms with Crippen LogP contribution < -0.4 is 4.90 Å². The van der Waals surface area contributed by atoms with Gasteiger partial charge in [-0.3, -0.25) is 14.5 Å². The molecule has 1 spiro atoms. The average molecular weight is 466 g/mol. The molecule has 4 aliphatic rings. The molecule has 2 atom stereocenters. The lowest BCUT2D eigenvalue weighted by atomic mass is 9.74. The van der Waals surface area contributed by atoms with Gasteiger partial charge >= 0.3 is 0 Å². The fourth-order valence-electron chi connectivity index (χ4n) is 7.53. The van der Waals surface area contributed by atoms with Gasteiger partial charge in [0.25, 0.3) is 0 Å². The Balaban J connectivity index is 1.42. The van der Waals surface area contributed by atoms with Crippen molar-refractivity contribution in [1.82, 2.24) is 9.80 Å². The van der Waals surface area contributed by atoms with Crippen LogP contribution in [0, 0.1) is 11.8 Å². The van der Waals surface area contributed by atoms with Crippen molar-refractivity contribution in [2.24, 2.45) is 11.8 Å². The van der Waals surface area contributed by atoms with Gasteiger partial charge in [-0.2, -0.15) is 0 Å². The second kappa shape index (κ2) is 9.29. The summed E-state index contributed by atoms with van der Waals surface area (Å²) in [4.78, 5) is 34.2. The molecule has 1 aromatic carbocycles. The summed E-state index contributed by atoms with van der Waals surface area (Å²) in [5, 5.41) is 0. The summed E-state index contributed by atoms with van der Waals surface area (Å²) in [5.41, 5.74) is 0.444. The van der Waals surface area contributed by atoms with Crippen LogP contribution in [0.25, 0.3) is 0 Å². The first-order valence-corrected chi connectivity index (χ1v) is 13.8. The molecule has 186 valence electrons. The van der Waals surface area contributed by atoms with E-state index in [0.29, 0.717) is 12.6 Å². The molecule has 5 nitrogen and oxygen atoms in total. The highest BCUT2D eigenvalue weighted by Crippen LogP contribution is 2.53. The van der Waals surface area contributed by atoms with Gasteiger partial charge in [0.05, 0.1) is 17.4 Å². The van der Waals surface area contributed by atoms with E-state index < -0.39 is 5.54 Å². The number of anilines is 1. The molecular formula is C29H43N3O2. The summed E-state index contributed by atoms with van der Waals surface area (Å²) in [7, 11) is 0. The number of para-hydroxylation sites is 1. The van der Waals surface area contributed by atoms with Crippen LogP contribution in [-0.4, -0.2) is 58.4 Å². The fourth-order valence-corrected chi connectivity index (χ4v) is 7.53. The summed E-state index contributed by atoms with van der Waals surface area (Å²) in [6.45, 7) is 8.71. The minimum atomic E-state index is -0.463. The first kappa shape index (κ1) is 23.8. The third-order valence-electron chi connectivity index (χ3n) is 9.17. The van der Waals surface area contributed by atoms with Crippen molar-refractivity contribution < 1.29 is 9.59 Å². The number of imide groups is 1. The van der Waals surface area contributed by atoms with Crippen molar-refractivity contribution in [1.29, 1.82) is 0 Å². The monoisotopic (exact) mass is 465 g/mol. The van der Waals surface area contributed by atoms with E-state index in [2.05, 4.69) is 34.1 Å². The molecule has 3 saturated heterocycles. The molecule has 0 aromatic heterocycles. The Morgan fingerprint density at radius 1 is 0.824 bits per heavy atom. The average Bonchev–Trinajstić information content (AvgIpc) is 3.32. The highest BCUT2D eigenvalue weighted by atomic mass is 16.2. The summed E-state index contributed by atoms with van der Waals surface area (Å²) in [6, 6.07) is 11.2. The molecule has 0 bridgehead atoms. The van der Waals surface area contributed by atoms with E-state index in [1.54, 1.807) is 4.90 Å². The van der Waals surface area contributed by atoms with Gasteiger partial charge in [0.1, 0.15) is 0 Å². The van der Waals surface area contributed by atoms with Gasteiger partial charge in [0.15, 0.2) is 0 Å². The molecule has 5 heteroatoms. The number of likely N-dealkylation sites (tertiary alicyclic amines) is 2. The summed E-state index contributed by atoms with van der Waals surface area (Å²) >= 11 is 0. The minimum absolute atomic E-state index is 0.0407. The van der Waals surface area contributed by atoms with E-state index in [1.165, 1.54) is 51.4 Å². The van der Waals surface area contributed by atoms with E-state index >= 15 is 0 Å². The van der Waals surface area contributed by atoms with Crippen LogP contribution in [0.4, 0.5) is 5.69 Å². The second-order valence-electron chi connectivity index (χ2n) is 12.2. The highest BCUT2D eigenvalue weighted by Gasteiger charge is 2.66. The number of carbonyl (C=O) groups excluding carboxylic acids is 2. The molecule has 34 heavy (non-hydrogen) atoms. The fraction of sp³-hybridized carbons (Fsp3) is 0.724. The van der Waals surface area contributed by atoms with Crippen LogP contribution in [0.1, 0.15) is 85.0 Å². The van der Waals surface area contributed by atoms with E-state index in [9.17, 15) is 9.59 Å². The van der Waals surface area contributed by atoms with Gasteiger partial charge in [-0.25, -0.2) is 0 Å². The Morgan fingerprint density at radius 2 is 1.41 bits per heavy atom. The molecule has 2 amide bonds. The van der Waals surface area contributed by atoms with Gasteiger partial charge in [-0.05, 0) is 58.6 Å². The molecule has 0 N–H and O–H groups in total. The third-order valence-corrected chi connectivity index (χ3v) is 9.17. The van der Waals surface area contributed by atoms with Crippen molar-refractivity contribution in [2.75, 3.05) is 24.5 Å². The predicted molar refractivity (Wildman–Crippen MR) is 137 cm³/mol. The Kier molecular flexibility index (Phi) is 6.52. The number of rotatable bonds is 2. The molecule has 5 rings (SSSR count). The van der Waals surface area contributed by atoms with E-state index in [1.807, 2.05) is 26.8 Å². The van der Waals surface area contributed by atoms with Crippen LogP contribution in [0.2, 0.25) is 0 Å². The molecule has 0 radical (unpaired) electrons. The topological polar surface area (TPSA) is 43.9 Å². The smallest absolute Gasteiger partial charge is 0.236 e. The second-order valence-corrected chi connectivity index (χ2v) is 12.2. The Hall–Kier alpha value is -1.88. The number of nitrogens with zero attached hydrogens (tertiary/aromatic N) is 3. The molecule has 4 fully saturated rings. The first-order valence-electron chi connectivity index (χ1n) is 13.8. The number of amides is 2. The summed E-state index contributed by atoms with van der Waals surface area (Å²) < 4.78 is 0. The number of benzene rings is 1. The van der Waals surface area contributed by atoms with Gasteiger partial charge in [-0.15, -0.1) is 0 Å². The summed E-state index contributed by atoms with van der Waals surface area (Å²) in [5.74, 6) is -0.332. The highest BCUT2D eigenvalue weighted by molar-refractivity contribution is 6.08. The maximum Gasteiger partial charge on any atom is 0.236 e. The predicted octanol–water partition coefficient (Wildman–Crippen LogP) is 5.24. The zero-order valence-corrected chi connectivity index (χ0v) is 21.5. The van der Waals surface area contributed by atoms with Crippen LogP contribution in [0.15, 0.2) is 30.3 Å². The Bertz CT molecular complexity index is 874. The molecular weight excluding hydrogens is 422 g/mol. The van der Waals surface area contributed by atoms with Crippen molar-refractivity contribution in [2.45, 2.75) is 102 Å². The Morgan fingerprint density at radius 3 is 2.00 bits per heavy atom. The maximum absolute atomic E-state index is 13.9. The number of hydrogen-bond donors (Lipinski definition) is 0.